The SMILES string of the molecule is CCC/C=C/CCCOc1cccc(CNC(=O)c2ccc3ncccc3c2)c1F. The van der Waals surface area contributed by atoms with Crippen LogP contribution in [0.15, 0.2) is 66.9 Å². The third kappa shape index (κ3) is 5.89. The maximum absolute atomic E-state index is 14.7. The lowest BCUT2D eigenvalue weighted by Crippen LogP contribution is -2.23. The number of hydrogen-bond donors (Lipinski definition) is 1. The van der Waals surface area contributed by atoms with E-state index in [-0.39, 0.29) is 18.2 Å². The first-order valence-corrected chi connectivity index (χ1v) is 10.4. The molecule has 0 saturated carbocycles. The van der Waals surface area contributed by atoms with E-state index in [1.807, 2.05) is 12.1 Å². The first-order valence-electron chi connectivity index (χ1n) is 10.4. The minimum absolute atomic E-state index is 0.0900. The molecule has 0 aliphatic rings. The van der Waals surface area contributed by atoms with Gasteiger partial charge >= 0.3 is 0 Å². The number of hydrogen-bond acceptors (Lipinski definition) is 3. The molecule has 0 atom stereocenters. The fourth-order valence-electron chi connectivity index (χ4n) is 3.08. The third-order valence-electron chi connectivity index (χ3n) is 4.74. The van der Waals surface area contributed by atoms with Crippen LogP contribution in [0.4, 0.5) is 4.39 Å². The Morgan fingerprint density at radius 2 is 2.00 bits per heavy atom. The summed E-state index contributed by atoms with van der Waals surface area (Å²) in [4.78, 5) is 16.7. The smallest absolute Gasteiger partial charge is 0.251 e. The van der Waals surface area contributed by atoms with Gasteiger partial charge in [0, 0.05) is 29.3 Å². The molecule has 1 N–H and O–H groups in total. The van der Waals surface area contributed by atoms with Crippen molar-refractivity contribution in [2.45, 2.75) is 39.2 Å². The molecule has 0 aliphatic heterocycles. The number of nitrogens with zero attached hydrogens (tertiary/aromatic N) is 1. The molecule has 0 saturated heterocycles. The van der Waals surface area contributed by atoms with Crippen molar-refractivity contribution >= 4 is 16.8 Å². The molecule has 3 aromatic rings. The third-order valence-corrected chi connectivity index (χ3v) is 4.74. The van der Waals surface area contributed by atoms with Crippen molar-refractivity contribution < 1.29 is 13.9 Å². The summed E-state index contributed by atoms with van der Waals surface area (Å²) in [6, 6.07) is 14.0. The highest BCUT2D eigenvalue weighted by atomic mass is 19.1. The summed E-state index contributed by atoms with van der Waals surface area (Å²) in [5.74, 6) is -0.469. The van der Waals surface area contributed by atoms with Gasteiger partial charge in [0.05, 0.1) is 12.1 Å². The van der Waals surface area contributed by atoms with E-state index in [2.05, 4.69) is 29.4 Å². The van der Waals surface area contributed by atoms with Crippen LogP contribution in [0.1, 0.15) is 48.5 Å². The Morgan fingerprint density at radius 1 is 1.13 bits per heavy atom. The summed E-state index contributed by atoms with van der Waals surface area (Å²) in [7, 11) is 0. The van der Waals surface area contributed by atoms with Crippen LogP contribution in [0.2, 0.25) is 0 Å². The zero-order valence-electron chi connectivity index (χ0n) is 17.2. The average molecular weight is 407 g/mol. The van der Waals surface area contributed by atoms with Gasteiger partial charge in [0.15, 0.2) is 11.6 Å². The number of ether oxygens (including phenoxy) is 1. The quantitative estimate of drug-likeness (QED) is 0.341. The molecular formula is C25H27FN2O2. The van der Waals surface area contributed by atoms with Gasteiger partial charge in [-0.15, -0.1) is 0 Å². The number of halogens is 1. The van der Waals surface area contributed by atoms with E-state index in [1.165, 1.54) is 0 Å². The Morgan fingerprint density at radius 3 is 2.87 bits per heavy atom. The molecule has 30 heavy (non-hydrogen) atoms. The summed E-state index contributed by atoms with van der Waals surface area (Å²) in [6.07, 6.45) is 9.98. The number of unbranched alkanes of at least 4 members (excludes halogenated alkanes) is 2. The Bertz CT molecular complexity index is 1020. The maximum atomic E-state index is 14.7. The number of nitrogens with one attached hydrogen (secondary N) is 1. The molecule has 1 aromatic heterocycles. The monoisotopic (exact) mass is 406 g/mol. The lowest BCUT2D eigenvalue weighted by atomic mass is 10.1. The molecule has 0 radical (unpaired) electrons. The Hall–Kier alpha value is -3.21. The van der Waals surface area contributed by atoms with Crippen LogP contribution in [-0.4, -0.2) is 17.5 Å². The number of allylic oxidation sites excluding steroid dienone is 2. The minimum Gasteiger partial charge on any atom is -0.490 e. The van der Waals surface area contributed by atoms with Gasteiger partial charge in [0.2, 0.25) is 0 Å². The molecule has 1 amide bonds. The Kier molecular flexibility index (Phi) is 7.95. The predicted molar refractivity (Wildman–Crippen MR) is 118 cm³/mol. The Labute approximate surface area is 176 Å². The van der Waals surface area contributed by atoms with Crippen molar-refractivity contribution in [3.8, 4) is 5.75 Å². The summed E-state index contributed by atoms with van der Waals surface area (Å²) < 4.78 is 20.3. The first kappa shape index (κ1) is 21.5. The lowest BCUT2D eigenvalue weighted by Gasteiger charge is -2.11. The fraction of sp³-hybridized carbons (Fsp3) is 0.280. The highest BCUT2D eigenvalue weighted by Gasteiger charge is 2.12. The molecule has 156 valence electrons. The fourth-order valence-corrected chi connectivity index (χ4v) is 3.08. The summed E-state index contributed by atoms with van der Waals surface area (Å²) >= 11 is 0. The molecular weight excluding hydrogens is 379 g/mol. The number of carbonyl (C=O) groups is 1. The van der Waals surface area contributed by atoms with Crippen molar-refractivity contribution in [3.63, 3.8) is 0 Å². The van der Waals surface area contributed by atoms with E-state index in [0.29, 0.717) is 17.7 Å². The van der Waals surface area contributed by atoms with Crippen molar-refractivity contribution in [2.75, 3.05) is 6.61 Å². The zero-order valence-corrected chi connectivity index (χ0v) is 17.2. The number of benzene rings is 2. The molecule has 3 rings (SSSR count). The molecule has 0 bridgehead atoms. The van der Waals surface area contributed by atoms with Crippen LogP contribution in [0, 0.1) is 5.82 Å². The van der Waals surface area contributed by atoms with E-state index >= 15 is 0 Å². The standard InChI is InChI=1S/C25H27FN2O2/c1-2-3-4-5-6-7-16-30-23-12-8-10-21(24(23)26)18-28-25(29)20-13-14-22-19(17-20)11-9-15-27-22/h4-5,8-15,17H,2-3,6-7,16,18H2,1H3,(H,28,29)/b5-4+. The number of pyridine rings is 1. The second-order valence-electron chi connectivity index (χ2n) is 7.07. The number of amides is 1. The van der Waals surface area contributed by atoms with Crippen LogP contribution in [0.25, 0.3) is 10.9 Å². The number of fused-ring (bicyclic) bond motifs is 1. The summed E-state index contributed by atoms with van der Waals surface area (Å²) in [5, 5.41) is 3.67. The lowest BCUT2D eigenvalue weighted by molar-refractivity contribution is 0.0950. The molecule has 2 aromatic carbocycles. The van der Waals surface area contributed by atoms with Crippen molar-refractivity contribution in [1.29, 1.82) is 0 Å². The van der Waals surface area contributed by atoms with E-state index in [9.17, 15) is 9.18 Å². The van der Waals surface area contributed by atoms with Gasteiger partial charge in [0.25, 0.3) is 5.91 Å². The number of carbonyl (C=O) groups excluding carboxylic acids is 1. The maximum Gasteiger partial charge on any atom is 0.251 e. The van der Waals surface area contributed by atoms with E-state index in [0.717, 1.165) is 36.6 Å². The predicted octanol–water partition coefficient (Wildman–Crippen LogP) is 5.82. The summed E-state index contributed by atoms with van der Waals surface area (Å²) in [5.41, 5.74) is 1.73. The van der Waals surface area contributed by atoms with Crippen LogP contribution >= 0.6 is 0 Å². The summed E-state index contributed by atoms with van der Waals surface area (Å²) in [6.45, 7) is 2.69. The van der Waals surface area contributed by atoms with Crippen LogP contribution in [0.5, 0.6) is 5.75 Å². The normalized spacial score (nSPS) is 11.1. The van der Waals surface area contributed by atoms with Gasteiger partial charge in [0.1, 0.15) is 0 Å². The van der Waals surface area contributed by atoms with Gasteiger partial charge in [-0.3, -0.25) is 9.78 Å². The largest absolute Gasteiger partial charge is 0.490 e. The first-order chi connectivity index (χ1) is 14.7. The average Bonchev–Trinajstić information content (AvgIpc) is 2.78. The number of aromatic nitrogens is 1. The second kappa shape index (κ2) is 11.1. The Balaban J connectivity index is 1.54. The van der Waals surface area contributed by atoms with Gasteiger partial charge in [-0.25, -0.2) is 4.39 Å². The second-order valence-corrected chi connectivity index (χ2v) is 7.07. The van der Waals surface area contributed by atoms with Crippen LogP contribution in [-0.2, 0) is 6.54 Å². The molecule has 0 spiro atoms. The van der Waals surface area contributed by atoms with Gasteiger partial charge in [-0.1, -0.05) is 43.7 Å². The van der Waals surface area contributed by atoms with Crippen LogP contribution < -0.4 is 10.1 Å². The molecule has 0 aliphatic carbocycles. The van der Waals surface area contributed by atoms with E-state index in [4.69, 9.17) is 4.74 Å². The van der Waals surface area contributed by atoms with Crippen molar-refractivity contribution in [3.05, 3.63) is 83.8 Å². The van der Waals surface area contributed by atoms with Crippen molar-refractivity contribution in [2.24, 2.45) is 0 Å². The van der Waals surface area contributed by atoms with Gasteiger partial charge < -0.3 is 10.1 Å². The van der Waals surface area contributed by atoms with Gasteiger partial charge in [-0.2, -0.15) is 0 Å². The molecule has 1 heterocycles. The highest BCUT2D eigenvalue weighted by Crippen LogP contribution is 2.21. The topological polar surface area (TPSA) is 51.2 Å². The van der Waals surface area contributed by atoms with Crippen molar-refractivity contribution in [1.82, 2.24) is 10.3 Å². The van der Waals surface area contributed by atoms with E-state index in [1.54, 1.807) is 42.6 Å². The highest BCUT2D eigenvalue weighted by molar-refractivity contribution is 5.97. The molecule has 5 heteroatoms. The van der Waals surface area contributed by atoms with E-state index < -0.39 is 5.82 Å². The zero-order chi connectivity index (χ0) is 21.2. The number of rotatable bonds is 10. The molecule has 4 nitrogen and oxygen atoms in total. The molecule has 0 fully saturated rings. The molecule has 0 unspecified atom stereocenters. The van der Waals surface area contributed by atoms with Gasteiger partial charge in [-0.05, 0) is 49.6 Å². The minimum atomic E-state index is -0.429. The van der Waals surface area contributed by atoms with Crippen LogP contribution in [0.3, 0.4) is 0 Å².